The van der Waals surface area contributed by atoms with E-state index in [9.17, 15) is 9.59 Å². The molecule has 2 aromatic rings. The van der Waals surface area contributed by atoms with Crippen LogP contribution in [-0.2, 0) is 5.41 Å². The van der Waals surface area contributed by atoms with E-state index in [4.69, 9.17) is 11.6 Å². The zero-order chi connectivity index (χ0) is 17.5. The molecule has 126 valence electrons. The minimum Gasteiger partial charge on any atom is -0.341 e. The second-order valence-corrected chi connectivity index (χ2v) is 7.64. The van der Waals surface area contributed by atoms with Crippen molar-refractivity contribution in [2.45, 2.75) is 25.7 Å². The first-order chi connectivity index (χ1) is 11.3. The van der Waals surface area contributed by atoms with Crippen LogP contribution >= 0.6 is 11.6 Å². The van der Waals surface area contributed by atoms with Crippen LogP contribution in [0.1, 0.15) is 36.2 Å². The lowest BCUT2D eigenvalue weighted by molar-refractivity contribution is 0.0774. The summed E-state index contributed by atoms with van der Waals surface area (Å²) < 4.78 is 0. The quantitative estimate of drug-likeness (QED) is 0.923. The second kappa shape index (κ2) is 5.78. The number of aromatic amines is 1. The minimum atomic E-state index is -0.389. The summed E-state index contributed by atoms with van der Waals surface area (Å²) in [5.41, 5.74) is 1.37. The molecule has 3 rings (SSSR count). The number of rotatable bonds is 4. The molecule has 1 saturated carbocycles. The van der Waals surface area contributed by atoms with E-state index in [1.54, 1.807) is 11.9 Å². The van der Waals surface area contributed by atoms with Gasteiger partial charge in [-0.25, -0.2) is 0 Å². The fourth-order valence-corrected chi connectivity index (χ4v) is 3.77. The SMILES string of the molecule is CN(CC1(c2ccccc2)CC1(C)C)C(=O)c1c[nH]c(=O)c(Cl)c1. The molecule has 0 radical (unpaired) electrons. The number of benzene rings is 1. The molecule has 1 aliphatic rings. The molecule has 4 nitrogen and oxygen atoms in total. The molecule has 0 bridgehead atoms. The summed E-state index contributed by atoms with van der Waals surface area (Å²) in [7, 11) is 1.79. The topological polar surface area (TPSA) is 53.2 Å². The number of nitrogens with zero attached hydrogens (tertiary/aromatic N) is 1. The van der Waals surface area contributed by atoms with Crippen LogP contribution in [0.4, 0.5) is 0 Å². The van der Waals surface area contributed by atoms with Crippen LogP contribution < -0.4 is 5.56 Å². The Kier molecular flexibility index (Phi) is 4.04. The van der Waals surface area contributed by atoms with Crippen LogP contribution in [0.25, 0.3) is 0 Å². The highest BCUT2D eigenvalue weighted by Gasteiger charge is 2.62. The average molecular weight is 345 g/mol. The number of hydrogen-bond acceptors (Lipinski definition) is 2. The zero-order valence-corrected chi connectivity index (χ0v) is 14.9. The molecule has 1 unspecified atom stereocenters. The van der Waals surface area contributed by atoms with E-state index in [0.717, 1.165) is 6.42 Å². The van der Waals surface area contributed by atoms with E-state index >= 15 is 0 Å². The van der Waals surface area contributed by atoms with Crippen molar-refractivity contribution in [2.24, 2.45) is 5.41 Å². The van der Waals surface area contributed by atoms with Gasteiger partial charge in [0.25, 0.3) is 11.5 Å². The largest absolute Gasteiger partial charge is 0.341 e. The van der Waals surface area contributed by atoms with Crippen LogP contribution in [0, 0.1) is 5.41 Å². The Morgan fingerprint density at radius 3 is 2.46 bits per heavy atom. The standard InChI is InChI=1S/C19H21ClN2O2/c1-18(2)11-19(18,14-7-5-4-6-8-14)12-22(3)17(24)13-9-15(20)16(23)21-10-13/h4-10H,11-12H2,1-3H3,(H,21,23). The van der Waals surface area contributed by atoms with Crippen molar-refractivity contribution in [2.75, 3.05) is 13.6 Å². The lowest BCUT2D eigenvalue weighted by atomic mass is 9.87. The monoisotopic (exact) mass is 344 g/mol. The maximum Gasteiger partial charge on any atom is 0.266 e. The molecule has 24 heavy (non-hydrogen) atoms. The fourth-order valence-electron chi connectivity index (χ4n) is 3.60. The van der Waals surface area contributed by atoms with Crippen LogP contribution in [0.15, 0.2) is 47.4 Å². The Morgan fingerprint density at radius 2 is 1.92 bits per heavy atom. The third-order valence-corrected chi connectivity index (χ3v) is 5.48. The number of hydrogen-bond donors (Lipinski definition) is 1. The summed E-state index contributed by atoms with van der Waals surface area (Å²) in [6, 6.07) is 11.8. The number of aromatic nitrogens is 1. The summed E-state index contributed by atoms with van der Waals surface area (Å²) in [6.45, 7) is 5.09. The Hall–Kier alpha value is -2.07. The van der Waals surface area contributed by atoms with Crippen molar-refractivity contribution in [3.8, 4) is 0 Å². The molecular formula is C19H21ClN2O2. The predicted molar refractivity (Wildman–Crippen MR) is 95.6 cm³/mol. The first-order valence-electron chi connectivity index (χ1n) is 7.96. The van der Waals surface area contributed by atoms with Gasteiger partial charge in [-0.15, -0.1) is 0 Å². The van der Waals surface area contributed by atoms with Gasteiger partial charge in [0, 0.05) is 25.2 Å². The summed E-state index contributed by atoms with van der Waals surface area (Å²) in [6.07, 6.45) is 2.45. The normalized spacial score (nSPS) is 21.3. The van der Waals surface area contributed by atoms with Gasteiger partial charge in [-0.2, -0.15) is 0 Å². The van der Waals surface area contributed by atoms with Gasteiger partial charge in [-0.1, -0.05) is 55.8 Å². The van der Waals surface area contributed by atoms with Crippen molar-refractivity contribution in [3.05, 3.63) is 69.1 Å². The van der Waals surface area contributed by atoms with Crippen molar-refractivity contribution in [3.63, 3.8) is 0 Å². The second-order valence-electron chi connectivity index (χ2n) is 7.24. The van der Waals surface area contributed by atoms with E-state index < -0.39 is 0 Å². The smallest absolute Gasteiger partial charge is 0.266 e. The molecule has 0 spiro atoms. The molecule has 1 aliphatic carbocycles. The average Bonchev–Trinajstić information content (AvgIpc) is 3.12. The molecule has 1 aromatic carbocycles. The molecule has 5 heteroatoms. The van der Waals surface area contributed by atoms with Gasteiger partial charge in [-0.3, -0.25) is 9.59 Å². The van der Waals surface area contributed by atoms with Gasteiger partial charge >= 0.3 is 0 Å². The molecule has 1 N–H and O–H groups in total. The number of carbonyl (C=O) groups excluding carboxylic acids is 1. The summed E-state index contributed by atoms with van der Waals surface area (Å²) in [5.74, 6) is -0.147. The molecule has 1 amide bonds. The molecule has 0 saturated heterocycles. The Labute approximate surface area is 146 Å². The fraction of sp³-hybridized carbons (Fsp3) is 0.368. The lowest BCUT2D eigenvalue weighted by Gasteiger charge is -2.28. The van der Waals surface area contributed by atoms with Gasteiger partial charge < -0.3 is 9.88 Å². The number of amides is 1. The molecule has 1 fully saturated rings. The van der Waals surface area contributed by atoms with E-state index in [0.29, 0.717) is 12.1 Å². The maximum absolute atomic E-state index is 12.7. The third kappa shape index (κ3) is 2.75. The van der Waals surface area contributed by atoms with Crippen molar-refractivity contribution >= 4 is 17.5 Å². The Balaban J connectivity index is 1.85. The summed E-state index contributed by atoms with van der Waals surface area (Å²) in [4.78, 5) is 28.3. The van der Waals surface area contributed by atoms with Crippen LogP contribution in [0.2, 0.25) is 5.02 Å². The zero-order valence-electron chi connectivity index (χ0n) is 14.1. The van der Waals surface area contributed by atoms with Crippen LogP contribution in [0.3, 0.4) is 0 Å². The van der Waals surface area contributed by atoms with E-state index in [1.165, 1.54) is 17.8 Å². The predicted octanol–water partition coefficient (Wildman–Crippen LogP) is 3.47. The van der Waals surface area contributed by atoms with Gasteiger partial charge in [0.15, 0.2) is 0 Å². The van der Waals surface area contributed by atoms with E-state index in [-0.39, 0.29) is 27.3 Å². The highest BCUT2D eigenvalue weighted by atomic mass is 35.5. The van der Waals surface area contributed by atoms with Gasteiger partial charge in [-0.05, 0) is 23.5 Å². The third-order valence-electron chi connectivity index (χ3n) is 5.20. The van der Waals surface area contributed by atoms with Crippen LogP contribution in [0.5, 0.6) is 0 Å². The lowest BCUT2D eigenvalue weighted by Crippen LogP contribution is -2.36. The molecule has 1 heterocycles. The van der Waals surface area contributed by atoms with Crippen molar-refractivity contribution in [1.29, 1.82) is 0 Å². The molecule has 1 atom stereocenters. The van der Waals surface area contributed by atoms with Crippen molar-refractivity contribution in [1.82, 2.24) is 9.88 Å². The van der Waals surface area contributed by atoms with Gasteiger partial charge in [0.1, 0.15) is 5.02 Å². The summed E-state index contributed by atoms with van der Waals surface area (Å²) in [5, 5.41) is 0.0266. The number of likely N-dealkylation sites (N-methyl/N-ethyl adjacent to an activating group) is 1. The first-order valence-corrected chi connectivity index (χ1v) is 8.34. The molecular weight excluding hydrogens is 324 g/mol. The maximum atomic E-state index is 12.7. The number of halogens is 1. The Morgan fingerprint density at radius 1 is 1.29 bits per heavy atom. The minimum absolute atomic E-state index is 0.0266. The van der Waals surface area contributed by atoms with E-state index in [1.807, 2.05) is 18.2 Å². The van der Waals surface area contributed by atoms with Gasteiger partial charge in [0.2, 0.25) is 0 Å². The van der Waals surface area contributed by atoms with Crippen molar-refractivity contribution < 1.29 is 4.79 Å². The number of H-pyrrole nitrogens is 1. The van der Waals surface area contributed by atoms with E-state index in [2.05, 4.69) is 31.0 Å². The number of nitrogens with one attached hydrogen (secondary N) is 1. The highest BCUT2D eigenvalue weighted by Crippen LogP contribution is 2.64. The molecule has 1 aromatic heterocycles. The number of carbonyl (C=O) groups is 1. The van der Waals surface area contributed by atoms with Crippen LogP contribution in [-0.4, -0.2) is 29.4 Å². The first kappa shape index (κ1) is 16.8. The van der Waals surface area contributed by atoms with Gasteiger partial charge in [0.05, 0.1) is 5.56 Å². The Bertz CT molecular complexity index is 829. The highest BCUT2D eigenvalue weighted by molar-refractivity contribution is 6.30. The molecule has 0 aliphatic heterocycles. The number of pyridine rings is 1. The summed E-state index contributed by atoms with van der Waals surface area (Å²) >= 11 is 5.83.